The first kappa shape index (κ1) is 8.53. The molecule has 2 N–H and O–H groups in total. The van der Waals surface area contributed by atoms with Crippen molar-refractivity contribution in [1.29, 1.82) is 5.26 Å². The van der Waals surface area contributed by atoms with E-state index in [0.717, 1.165) is 6.21 Å². The molecule has 1 aliphatic rings. The first-order valence-corrected chi connectivity index (χ1v) is 3.78. The highest BCUT2D eigenvalue weighted by Gasteiger charge is 2.21. The van der Waals surface area contributed by atoms with Gasteiger partial charge in [-0.3, -0.25) is 0 Å². The van der Waals surface area contributed by atoms with Crippen molar-refractivity contribution in [2.45, 2.75) is 12.8 Å². The van der Waals surface area contributed by atoms with Gasteiger partial charge in [0, 0.05) is 6.54 Å². The summed E-state index contributed by atoms with van der Waals surface area (Å²) in [5.41, 5.74) is 2.16. The van der Waals surface area contributed by atoms with Crippen LogP contribution in [0, 0.1) is 17.2 Å². The quantitative estimate of drug-likeness (QED) is 0.464. The maximum atomic E-state index is 10.8. The van der Waals surface area contributed by atoms with E-state index >= 15 is 0 Å². The van der Waals surface area contributed by atoms with Crippen LogP contribution in [0.3, 0.4) is 0 Å². The monoisotopic (exact) mass is 166 g/mol. The maximum absolute atomic E-state index is 10.8. The molecule has 0 aliphatic heterocycles. The number of hydrogen-bond acceptors (Lipinski definition) is 3. The summed E-state index contributed by atoms with van der Waals surface area (Å²) >= 11 is 0. The lowest BCUT2D eigenvalue weighted by Gasteiger charge is -2.00. The number of hydrazone groups is 1. The van der Waals surface area contributed by atoms with Crippen molar-refractivity contribution in [3.05, 3.63) is 0 Å². The maximum Gasteiger partial charge on any atom is 0.335 e. The Labute approximate surface area is 70.4 Å². The predicted molar refractivity (Wildman–Crippen MR) is 43.4 cm³/mol. The molecule has 0 aromatic rings. The molecule has 0 unspecified atom stereocenters. The smallest absolute Gasteiger partial charge is 0.335 e. The van der Waals surface area contributed by atoms with Gasteiger partial charge in [0.25, 0.3) is 0 Å². The Hall–Kier alpha value is -1.57. The second-order valence-electron chi connectivity index (χ2n) is 2.65. The highest BCUT2D eigenvalue weighted by atomic mass is 16.2. The average molecular weight is 166 g/mol. The minimum absolute atomic E-state index is 0.353. The number of nitrogens with zero attached hydrogens (tertiary/aromatic N) is 2. The van der Waals surface area contributed by atoms with Gasteiger partial charge in [0.1, 0.15) is 12.3 Å². The zero-order chi connectivity index (χ0) is 8.81. The van der Waals surface area contributed by atoms with Crippen LogP contribution in [0.5, 0.6) is 0 Å². The molecule has 0 heterocycles. The lowest BCUT2D eigenvalue weighted by Crippen LogP contribution is -2.33. The molecule has 0 radical (unpaired) electrons. The number of rotatable bonds is 3. The molecule has 1 rings (SSSR count). The van der Waals surface area contributed by atoms with Gasteiger partial charge in [-0.15, -0.1) is 0 Å². The number of urea groups is 1. The summed E-state index contributed by atoms with van der Waals surface area (Å²) in [5, 5.41) is 14.0. The van der Waals surface area contributed by atoms with Crippen LogP contribution >= 0.6 is 0 Å². The molecule has 0 atom stereocenters. The van der Waals surface area contributed by atoms with E-state index in [0.29, 0.717) is 12.5 Å². The van der Waals surface area contributed by atoms with Crippen molar-refractivity contribution < 1.29 is 4.79 Å². The van der Waals surface area contributed by atoms with Crippen LogP contribution in [0.15, 0.2) is 5.10 Å². The van der Waals surface area contributed by atoms with Crippen molar-refractivity contribution in [1.82, 2.24) is 10.7 Å². The Kier molecular flexibility index (Phi) is 3.08. The van der Waals surface area contributed by atoms with Crippen LogP contribution < -0.4 is 10.7 Å². The number of amides is 2. The minimum atomic E-state index is -0.353. The zero-order valence-electron chi connectivity index (χ0n) is 6.58. The van der Waals surface area contributed by atoms with E-state index in [1.54, 1.807) is 6.07 Å². The van der Waals surface area contributed by atoms with E-state index in [9.17, 15) is 4.79 Å². The molecule has 5 nitrogen and oxygen atoms in total. The van der Waals surface area contributed by atoms with Gasteiger partial charge >= 0.3 is 6.03 Å². The van der Waals surface area contributed by atoms with Crippen molar-refractivity contribution >= 4 is 12.2 Å². The molecule has 1 saturated carbocycles. The Balaban J connectivity index is 2.03. The molecule has 2 amide bonds. The third-order valence-corrected chi connectivity index (χ3v) is 1.54. The van der Waals surface area contributed by atoms with Crippen molar-refractivity contribution in [3.63, 3.8) is 0 Å². The molecule has 1 aliphatic carbocycles. The summed E-state index contributed by atoms with van der Waals surface area (Å²) in [6.07, 6.45) is 3.36. The van der Waals surface area contributed by atoms with E-state index in [-0.39, 0.29) is 6.03 Å². The normalized spacial score (nSPS) is 15.6. The Morgan fingerprint density at radius 3 is 3.08 bits per heavy atom. The van der Waals surface area contributed by atoms with Crippen molar-refractivity contribution in [2.24, 2.45) is 11.0 Å². The second kappa shape index (κ2) is 4.34. The SMILES string of the molecule is N#C/C=N/NC(=O)NCC1CC1. The fraction of sp³-hybridized carbons (Fsp3) is 0.571. The first-order chi connectivity index (χ1) is 5.83. The van der Waals surface area contributed by atoms with Crippen molar-refractivity contribution in [3.8, 4) is 6.07 Å². The summed E-state index contributed by atoms with van der Waals surface area (Å²) in [5.74, 6) is 0.649. The second-order valence-corrected chi connectivity index (χ2v) is 2.65. The van der Waals surface area contributed by atoms with E-state index in [1.807, 2.05) is 0 Å². The Bertz CT molecular complexity index is 226. The zero-order valence-corrected chi connectivity index (χ0v) is 6.58. The van der Waals surface area contributed by atoms with Crippen LogP contribution in [0.2, 0.25) is 0 Å². The van der Waals surface area contributed by atoms with E-state index in [1.165, 1.54) is 12.8 Å². The highest BCUT2D eigenvalue weighted by molar-refractivity contribution is 5.78. The number of carbonyl (C=O) groups excluding carboxylic acids is 1. The van der Waals surface area contributed by atoms with E-state index in [4.69, 9.17) is 5.26 Å². The summed E-state index contributed by atoms with van der Waals surface area (Å²) in [6.45, 7) is 0.702. The molecule has 0 aromatic heterocycles. The lowest BCUT2D eigenvalue weighted by atomic mass is 10.4. The van der Waals surface area contributed by atoms with E-state index < -0.39 is 0 Å². The molecular weight excluding hydrogens is 156 g/mol. The van der Waals surface area contributed by atoms with Crippen LogP contribution in [0.1, 0.15) is 12.8 Å². The lowest BCUT2D eigenvalue weighted by molar-refractivity contribution is 0.241. The highest BCUT2D eigenvalue weighted by Crippen LogP contribution is 2.27. The number of nitriles is 1. The third kappa shape index (κ3) is 3.56. The Morgan fingerprint density at radius 2 is 2.50 bits per heavy atom. The van der Waals surface area contributed by atoms with Crippen LogP contribution in [-0.2, 0) is 0 Å². The third-order valence-electron chi connectivity index (χ3n) is 1.54. The van der Waals surface area contributed by atoms with E-state index in [2.05, 4.69) is 15.8 Å². The number of carbonyl (C=O) groups is 1. The van der Waals surface area contributed by atoms with Gasteiger partial charge in [-0.2, -0.15) is 10.4 Å². The molecule has 1 fully saturated rings. The molecular formula is C7H10N4O. The van der Waals surface area contributed by atoms with Crippen LogP contribution in [0.4, 0.5) is 4.79 Å². The van der Waals surface area contributed by atoms with Gasteiger partial charge in [-0.25, -0.2) is 10.2 Å². The summed E-state index contributed by atoms with van der Waals surface area (Å²) in [4.78, 5) is 10.8. The summed E-state index contributed by atoms with van der Waals surface area (Å²) < 4.78 is 0. The molecule has 0 bridgehead atoms. The van der Waals surface area contributed by atoms with Gasteiger partial charge in [-0.1, -0.05) is 0 Å². The van der Waals surface area contributed by atoms with Gasteiger partial charge in [0.05, 0.1) is 0 Å². The van der Waals surface area contributed by atoms with Crippen LogP contribution in [0.25, 0.3) is 0 Å². The fourth-order valence-corrected chi connectivity index (χ4v) is 0.718. The predicted octanol–water partition coefficient (Wildman–Crippen LogP) is 0.205. The number of hydrogen-bond donors (Lipinski definition) is 2. The molecule has 12 heavy (non-hydrogen) atoms. The van der Waals surface area contributed by atoms with Gasteiger partial charge in [0.15, 0.2) is 0 Å². The molecule has 0 saturated heterocycles. The summed E-state index contributed by atoms with van der Waals surface area (Å²) in [7, 11) is 0. The standard InChI is InChI=1S/C7H10N4O/c8-3-4-10-11-7(12)9-5-6-1-2-6/h4,6H,1-2,5H2,(H2,9,11,12)/b10-4+. The first-order valence-electron chi connectivity index (χ1n) is 3.78. The average Bonchev–Trinajstić information content (AvgIpc) is 2.84. The molecule has 0 spiro atoms. The molecule has 64 valence electrons. The van der Waals surface area contributed by atoms with Gasteiger partial charge < -0.3 is 5.32 Å². The van der Waals surface area contributed by atoms with Gasteiger partial charge in [-0.05, 0) is 18.8 Å². The molecule has 0 aromatic carbocycles. The number of nitrogens with one attached hydrogen (secondary N) is 2. The van der Waals surface area contributed by atoms with Crippen LogP contribution in [-0.4, -0.2) is 18.8 Å². The topological polar surface area (TPSA) is 77.3 Å². The largest absolute Gasteiger partial charge is 0.336 e. The minimum Gasteiger partial charge on any atom is -0.336 e. The van der Waals surface area contributed by atoms with Crippen molar-refractivity contribution in [2.75, 3.05) is 6.54 Å². The van der Waals surface area contributed by atoms with Gasteiger partial charge in [0.2, 0.25) is 0 Å². The summed E-state index contributed by atoms with van der Waals surface area (Å²) in [6, 6.07) is 1.31. The molecule has 5 heteroatoms. The fourth-order valence-electron chi connectivity index (χ4n) is 0.718. The Morgan fingerprint density at radius 1 is 1.75 bits per heavy atom.